The number of carbonyl (C=O) groups is 1. The molecule has 1 heterocycles. The summed E-state index contributed by atoms with van der Waals surface area (Å²) in [4.78, 5) is 12.2. The molecule has 1 saturated heterocycles. The fraction of sp³-hybridized carbons (Fsp3) is 0.611. The molecule has 1 aromatic carbocycles. The predicted molar refractivity (Wildman–Crippen MR) is 95.1 cm³/mol. The van der Waals surface area contributed by atoms with Crippen molar-refractivity contribution in [3.05, 3.63) is 23.8 Å². The van der Waals surface area contributed by atoms with Gasteiger partial charge in [0.15, 0.2) is 0 Å². The Hall–Kier alpha value is -1.60. The zero-order chi connectivity index (χ0) is 17.9. The zero-order valence-corrected chi connectivity index (χ0v) is 15.5. The highest BCUT2D eigenvalue weighted by atomic mass is 32.2. The summed E-state index contributed by atoms with van der Waals surface area (Å²) >= 11 is 0. The van der Waals surface area contributed by atoms with Crippen LogP contribution in [0.5, 0.6) is 5.75 Å². The molecule has 0 atom stereocenters. The number of amides is 1. The lowest BCUT2D eigenvalue weighted by Gasteiger charge is -2.26. The monoisotopic (exact) mass is 366 g/mol. The number of ether oxygens (including phenoxy) is 1. The van der Waals surface area contributed by atoms with Crippen molar-refractivity contribution in [2.45, 2.75) is 55.9 Å². The van der Waals surface area contributed by atoms with E-state index in [-0.39, 0.29) is 10.8 Å². The standard InChI is InChI=1S/C18H26N2O4S/c1-24-17-9-8-16(25(22,23)20-11-3-2-4-12-20)13-14(17)5-10-18(21)19-15-6-7-15/h8-9,13,15H,2-7,10-12H2,1H3,(H,19,21). The third-order valence-corrected chi connectivity index (χ3v) is 6.66. The maximum atomic E-state index is 12.8. The second-order valence-electron chi connectivity index (χ2n) is 6.78. The first-order chi connectivity index (χ1) is 12.0. The molecule has 1 aliphatic heterocycles. The first kappa shape index (κ1) is 18.2. The smallest absolute Gasteiger partial charge is 0.243 e. The van der Waals surface area contributed by atoms with Crippen molar-refractivity contribution in [3.63, 3.8) is 0 Å². The van der Waals surface area contributed by atoms with E-state index in [0.717, 1.165) is 37.7 Å². The number of benzene rings is 1. The van der Waals surface area contributed by atoms with Gasteiger partial charge in [0.05, 0.1) is 12.0 Å². The highest BCUT2D eigenvalue weighted by Gasteiger charge is 2.27. The molecule has 2 fully saturated rings. The Bertz CT molecular complexity index is 723. The van der Waals surface area contributed by atoms with Crippen LogP contribution >= 0.6 is 0 Å². The van der Waals surface area contributed by atoms with E-state index in [2.05, 4.69) is 5.32 Å². The van der Waals surface area contributed by atoms with E-state index in [1.54, 1.807) is 29.6 Å². The molecule has 1 saturated carbocycles. The second kappa shape index (κ2) is 7.74. The van der Waals surface area contributed by atoms with Crippen LogP contribution in [-0.4, -0.2) is 44.9 Å². The topological polar surface area (TPSA) is 75.7 Å². The molecule has 138 valence electrons. The first-order valence-corrected chi connectivity index (χ1v) is 10.4. The Morgan fingerprint density at radius 3 is 2.60 bits per heavy atom. The lowest BCUT2D eigenvalue weighted by Crippen LogP contribution is -2.35. The molecular formula is C18H26N2O4S. The van der Waals surface area contributed by atoms with Crippen molar-refractivity contribution in [2.75, 3.05) is 20.2 Å². The summed E-state index contributed by atoms with van der Waals surface area (Å²) in [6.45, 7) is 1.15. The molecule has 0 radical (unpaired) electrons. The van der Waals surface area contributed by atoms with Gasteiger partial charge in [-0.15, -0.1) is 0 Å². The molecule has 0 bridgehead atoms. The minimum absolute atomic E-state index is 0.00819. The predicted octanol–water partition coefficient (Wildman–Crippen LogP) is 2.08. The maximum Gasteiger partial charge on any atom is 0.243 e. The molecule has 0 spiro atoms. The van der Waals surface area contributed by atoms with Crippen molar-refractivity contribution in [2.24, 2.45) is 0 Å². The van der Waals surface area contributed by atoms with Gasteiger partial charge in [-0.05, 0) is 55.9 Å². The van der Waals surface area contributed by atoms with E-state index in [1.165, 1.54) is 0 Å². The average Bonchev–Trinajstić information content (AvgIpc) is 3.44. The van der Waals surface area contributed by atoms with Crippen LogP contribution in [0.3, 0.4) is 0 Å². The summed E-state index contributed by atoms with van der Waals surface area (Å²) in [5.74, 6) is 0.630. The van der Waals surface area contributed by atoms with Crippen molar-refractivity contribution in [3.8, 4) is 5.75 Å². The van der Waals surface area contributed by atoms with E-state index in [9.17, 15) is 13.2 Å². The van der Waals surface area contributed by atoms with E-state index < -0.39 is 10.0 Å². The van der Waals surface area contributed by atoms with Crippen LogP contribution in [0.1, 0.15) is 44.1 Å². The SMILES string of the molecule is COc1ccc(S(=O)(=O)N2CCCCC2)cc1CCC(=O)NC1CC1. The Kier molecular flexibility index (Phi) is 5.64. The molecule has 7 heteroatoms. The zero-order valence-electron chi connectivity index (χ0n) is 14.7. The largest absolute Gasteiger partial charge is 0.496 e. The summed E-state index contributed by atoms with van der Waals surface area (Å²) in [5, 5.41) is 2.95. The van der Waals surface area contributed by atoms with Gasteiger partial charge in [-0.3, -0.25) is 4.79 Å². The summed E-state index contributed by atoms with van der Waals surface area (Å²) in [6, 6.07) is 5.27. The quantitative estimate of drug-likeness (QED) is 0.802. The number of nitrogens with zero attached hydrogens (tertiary/aromatic N) is 1. The van der Waals surface area contributed by atoms with Gasteiger partial charge in [0, 0.05) is 25.6 Å². The van der Waals surface area contributed by atoms with Gasteiger partial charge in [-0.25, -0.2) is 8.42 Å². The number of hydrogen-bond acceptors (Lipinski definition) is 4. The highest BCUT2D eigenvalue weighted by molar-refractivity contribution is 7.89. The average molecular weight is 366 g/mol. The molecule has 1 aliphatic carbocycles. The second-order valence-corrected chi connectivity index (χ2v) is 8.72. The van der Waals surface area contributed by atoms with Crippen LogP contribution in [0.25, 0.3) is 0 Å². The summed E-state index contributed by atoms with van der Waals surface area (Å²) < 4.78 is 32.6. The summed E-state index contributed by atoms with van der Waals surface area (Å²) in [6.07, 6.45) is 5.80. The van der Waals surface area contributed by atoms with Crippen molar-refractivity contribution in [1.82, 2.24) is 9.62 Å². The third-order valence-electron chi connectivity index (χ3n) is 4.77. The molecule has 3 rings (SSSR count). The first-order valence-electron chi connectivity index (χ1n) is 8.97. The van der Waals surface area contributed by atoms with Crippen LogP contribution < -0.4 is 10.1 Å². The summed E-state index contributed by atoms with van der Waals surface area (Å²) in [7, 11) is -1.92. The van der Waals surface area contributed by atoms with Crippen LogP contribution in [0.2, 0.25) is 0 Å². The normalized spacial score (nSPS) is 18.8. The molecular weight excluding hydrogens is 340 g/mol. The lowest BCUT2D eigenvalue weighted by atomic mass is 10.1. The van der Waals surface area contributed by atoms with Gasteiger partial charge in [0.1, 0.15) is 5.75 Å². The molecule has 0 aromatic heterocycles. The van der Waals surface area contributed by atoms with Crippen molar-refractivity contribution in [1.29, 1.82) is 0 Å². The number of piperidine rings is 1. The van der Waals surface area contributed by atoms with Crippen LogP contribution in [0.15, 0.2) is 23.1 Å². The minimum atomic E-state index is -3.48. The molecule has 1 amide bonds. The third kappa shape index (κ3) is 4.52. The van der Waals surface area contributed by atoms with Crippen LogP contribution in [-0.2, 0) is 21.2 Å². The lowest BCUT2D eigenvalue weighted by molar-refractivity contribution is -0.121. The highest BCUT2D eigenvalue weighted by Crippen LogP contribution is 2.27. The van der Waals surface area contributed by atoms with Gasteiger partial charge in [-0.1, -0.05) is 6.42 Å². The Morgan fingerprint density at radius 2 is 1.96 bits per heavy atom. The fourth-order valence-corrected chi connectivity index (χ4v) is 4.71. The molecule has 0 unspecified atom stereocenters. The van der Waals surface area contributed by atoms with Crippen molar-refractivity contribution >= 4 is 15.9 Å². The Labute approximate surface area is 149 Å². The number of carbonyl (C=O) groups excluding carboxylic acids is 1. The molecule has 1 N–H and O–H groups in total. The van der Waals surface area contributed by atoms with Crippen LogP contribution in [0.4, 0.5) is 0 Å². The molecule has 25 heavy (non-hydrogen) atoms. The minimum Gasteiger partial charge on any atom is -0.496 e. The van der Waals surface area contributed by atoms with Gasteiger partial charge >= 0.3 is 0 Å². The van der Waals surface area contributed by atoms with E-state index >= 15 is 0 Å². The van der Waals surface area contributed by atoms with E-state index in [4.69, 9.17) is 4.74 Å². The van der Waals surface area contributed by atoms with E-state index in [1.807, 2.05) is 0 Å². The molecule has 1 aromatic rings. The van der Waals surface area contributed by atoms with Gasteiger partial charge < -0.3 is 10.1 Å². The Morgan fingerprint density at radius 1 is 1.24 bits per heavy atom. The van der Waals surface area contributed by atoms with E-state index in [0.29, 0.717) is 37.7 Å². The number of rotatable bonds is 7. The summed E-state index contributed by atoms with van der Waals surface area (Å²) in [5.41, 5.74) is 0.756. The van der Waals surface area contributed by atoms with Crippen LogP contribution in [0, 0.1) is 0 Å². The van der Waals surface area contributed by atoms with Gasteiger partial charge in [0.25, 0.3) is 0 Å². The van der Waals surface area contributed by atoms with Gasteiger partial charge in [0.2, 0.25) is 15.9 Å². The number of hydrogen-bond donors (Lipinski definition) is 1. The Balaban J connectivity index is 1.75. The number of aryl methyl sites for hydroxylation is 1. The molecule has 6 nitrogen and oxygen atoms in total. The fourth-order valence-electron chi connectivity index (χ4n) is 3.14. The maximum absolute atomic E-state index is 12.8. The number of nitrogens with one attached hydrogen (secondary N) is 1. The van der Waals surface area contributed by atoms with Gasteiger partial charge in [-0.2, -0.15) is 4.31 Å². The molecule has 2 aliphatic rings. The number of sulfonamides is 1. The van der Waals surface area contributed by atoms with Crippen molar-refractivity contribution < 1.29 is 17.9 Å². The number of methoxy groups -OCH3 is 1.